The first-order chi connectivity index (χ1) is 18.1. The van der Waals surface area contributed by atoms with Gasteiger partial charge < -0.3 is 19.2 Å². The molecule has 12 heteroatoms. The van der Waals surface area contributed by atoms with Gasteiger partial charge in [0, 0.05) is 55.0 Å². The molecule has 2 N–H and O–H groups in total. The van der Waals surface area contributed by atoms with Crippen LogP contribution in [0, 0.1) is 6.92 Å². The van der Waals surface area contributed by atoms with Gasteiger partial charge in [0.05, 0.1) is 12.2 Å². The molecule has 0 spiro atoms. The minimum absolute atomic E-state index is 0.00419. The number of aldehydes is 1. The number of amides is 2. The summed E-state index contributed by atoms with van der Waals surface area (Å²) < 4.78 is 33.3. The summed E-state index contributed by atoms with van der Waals surface area (Å²) in [4.78, 5) is 34.3. The molecule has 4 heterocycles. The number of hydrogen-bond donors (Lipinski definition) is 2. The molecule has 1 fully saturated rings. The summed E-state index contributed by atoms with van der Waals surface area (Å²) in [5.41, 5.74) is 2.18. The summed E-state index contributed by atoms with van der Waals surface area (Å²) in [6, 6.07) is 1.61. The Morgan fingerprint density at radius 3 is 2.63 bits per heavy atom. The molecule has 0 aliphatic carbocycles. The number of carbonyl (C=O) groups is 2. The van der Waals surface area contributed by atoms with Crippen molar-refractivity contribution in [1.82, 2.24) is 25.4 Å². The number of halogens is 2. The van der Waals surface area contributed by atoms with E-state index >= 15 is 0 Å². The van der Waals surface area contributed by atoms with E-state index in [0.29, 0.717) is 43.6 Å². The molecule has 2 aromatic rings. The molecule has 4 rings (SSSR count). The lowest BCUT2D eigenvalue weighted by Gasteiger charge is -2.39. The second-order valence-electron chi connectivity index (χ2n) is 10.0. The van der Waals surface area contributed by atoms with Crippen molar-refractivity contribution in [2.24, 2.45) is 4.99 Å². The van der Waals surface area contributed by atoms with Gasteiger partial charge in [-0.3, -0.25) is 10.3 Å². The SMILES string of the molecule is CCC(F)(F)C1=CN=C(NC(=O)N2CCC(C)(c3ncc(-c4nnc(C(C=O)CO)o4)cc3C)CC2)CC1. The second-order valence-corrected chi connectivity index (χ2v) is 10.0. The predicted octanol–water partition coefficient (Wildman–Crippen LogP) is 3.90. The maximum Gasteiger partial charge on any atom is 0.322 e. The van der Waals surface area contributed by atoms with E-state index in [0.717, 1.165) is 11.3 Å². The lowest BCUT2D eigenvalue weighted by atomic mass is 9.75. The van der Waals surface area contributed by atoms with Crippen molar-refractivity contribution in [3.05, 3.63) is 41.2 Å². The molecular formula is C26H32F2N6O4. The van der Waals surface area contributed by atoms with Gasteiger partial charge in [0.25, 0.3) is 5.92 Å². The number of piperidine rings is 1. The number of nitrogens with one attached hydrogen (secondary N) is 1. The first-order valence-electron chi connectivity index (χ1n) is 12.7. The Morgan fingerprint density at radius 1 is 1.32 bits per heavy atom. The number of amidine groups is 1. The second kappa shape index (κ2) is 11.1. The largest absolute Gasteiger partial charge is 0.420 e. The van der Waals surface area contributed by atoms with E-state index in [1.165, 1.54) is 13.1 Å². The molecule has 2 amide bonds. The van der Waals surface area contributed by atoms with Crippen LogP contribution in [0.4, 0.5) is 13.6 Å². The van der Waals surface area contributed by atoms with Crippen molar-refractivity contribution in [1.29, 1.82) is 0 Å². The van der Waals surface area contributed by atoms with Crippen LogP contribution in [0.25, 0.3) is 11.5 Å². The highest BCUT2D eigenvalue weighted by molar-refractivity contribution is 5.98. The molecule has 1 atom stereocenters. The summed E-state index contributed by atoms with van der Waals surface area (Å²) in [5, 5.41) is 19.9. The number of rotatable bonds is 7. The first-order valence-corrected chi connectivity index (χ1v) is 12.7. The number of nitrogens with zero attached hydrogens (tertiary/aromatic N) is 5. The van der Waals surface area contributed by atoms with Crippen molar-refractivity contribution in [3.8, 4) is 11.5 Å². The number of aliphatic hydroxyl groups is 1. The van der Waals surface area contributed by atoms with Gasteiger partial charge in [0.2, 0.25) is 11.8 Å². The average Bonchev–Trinajstić information content (AvgIpc) is 3.40. The predicted molar refractivity (Wildman–Crippen MR) is 135 cm³/mol. The van der Waals surface area contributed by atoms with Gasteiger partial charge in [-0.05, 0) is 37.8 Å². The van der Waals surface area contributed by atoms with Crippen LogP contribution in [-0.4, -0.2) is 69.0 Å². The lowest BCUT2D eigenvalue weighted by Crippen LogP contribution is -2.49. The zero-order chi connectivity index (χ0) is 27.5. The van der Waals surface area contributed by atoms with Gasteiger partial charge in [-0.25, -0.2) is 18.6 Å². The van der Waals surface area contributed by atoms with Crippen molar-refractivity contribution < 1.29 is 27.9 Å². The molecule has 204 valence electrons. The van der Waals surface area contributed by atoms with E-state index < -0.39 is 18.4 Å². The number of pyridine rings is 1. The number of allylic oxidation sites excluding steroid dienone is 1. The van der Waals surface area contributed by atoms with Gasteiger partial charge in [-0.2, -0.15) is 0 Å². The molecule has 38 heavy (non-hydrogen) atoms. The first kappa shape index (κ1) is 27.5. The van der Waals surface area contributed by atoms with E-state index in [9.17, 15) is 23.5 Å². The normalized spacial score (nSPS) is 18.4. The third-order valence-electron chi connectivity index (χ3n) is 7.34. The summed E-state index contributed by atoms with van der Waals surface area (Å²) >= 11 is 0. The van der Waals surface area contributed by atoms with Crippen LogP contribution in [0.5, 0.6) is 0 Å². The lowest BCUT2D eigenvalue weighted by molar-refractivity contribution is -0.110. The molecule has 2 aliphatic heterocycles. The minimum Gasteiger partial charge on any atom is -0.420 e. The number of aromatic nitrogens is 3. The molecule has 0 aromatic carbocycles. The fraction of sp³-hybridized carbons (Fsp3) is 0.538. The highest BCUT2D eigenvalue weighted by atomic mass is 19.3. The Kier molecular flexibility index (Phi) is 8.00. The van der Waals surface area contributed by atoms with E-state index in [4.69, 9.17) is 4.42 Å². The molecule has 0 bridgehead atoms. The van der Waals surface area contributed by atoms with Crippen molar-refractivity contribution in [2.45, 2.75) is 70.1 Å². The zero-order valence-electron chi connectivity index (χ0n) is 21.7. The number of hydrogen-bond acceptors (Lipinski definition) is 8. The Hall–Kier alpha value is -3.54. The highest BCUT2D eigenvalue weighted by Gasteiger charge is 2.37. The number of aliphatic hydroxyl groups excluding tert-OH is 1. The molecule has 10 nitrogen and oxygen atoms in total. The van der Waals surface area contributed by atoms with E-state index in [1.54, 1.807) is 11.1 Å². The Balaban J connectivity index is 1.38. The van der Waals surface area contributed by atoms with Crippen LogP contribution in [0.3, 0.4) is 0 Å². The van der Waals surface area contributed by atoms with Gasteiger partial charge >= 0.3 is 6.03 Å². The summed E-state index contributed by atoms with van der Waals surface area (Å²) in [7, 11) is 0. The molecular weight excluding hydrogens is 498 g/mol. The molecule has 0 saturated carbocycles. The van der Waals surface area contributed by atoms with E-state index in [-0.39, 0.29) is 48.1 Å². The third-order valence-corrected chi connectivity index (χ3v) is 7.34. The maximum absolute atomic E-state index is 13.9. The molecule has 2 aromatic heterocycles. The monoisotopic (exact) mass is 530 g/mol. The van der Waals surface area contributed by atoms with E-state index in [2.05, 4.69) is 32.4 Å². The standard InChI is InChI=1S/C26H32F2N6O4/c1-4-26(27,28)19-5-6-20(29-13-19)31-24(37)34-9-7-25(3,8-10-34)21-16(2)11-17(12-30-21)22-32-33-23(38-22)18(14-35)15-36/h11-14,18,36H,4-10,15H2,1-3H3,(H,29,31,37). The zero-order valence-corrected chi connectivity index (χ0v) is 21.7. The Bertz CT molecular complexity index is 1250. The van der Waals surface area contributed by atoms with Crippen molar-refractivity contribution in [2.75, 3.05) is 19.7 Å². The fourth-order valence-corrected chi connectivity index (χ4v) is 4.78. The minimum atomic E-state index is -2.87. The number of aliphatic imine (C=N–C) groups is 1. The molecule has 1 saturated heterocycles. The van der Waals surface area contributed by atoms with Crippen LogP contribution in [-0.2, 0) is 10.2 Å². The summed E-state index contributed by atoms with van der Waals surface area (Å²) in [5.74, 6) is -3.07. The molecule has 2 aliphatic rings. The van der Waals surface area contributed by atoms with Crippen LogP contribution < -0.4 is 5.32 Å². The summed E-state index contributed by atoms with van der Waals surface area (Å²) in [6.07, 6.45) is 4.92. The van der Waals surface area contributed by atoms with Crippen LogP contribution in [0.15, 0.2) is 33.4 Å². The van der Waals surface area contributed by atoms with Gasteiger partial charge in [-0.15, -0.1) is 10.2 Å². The van der Waals surface area contributed by atoms with Gasteiger partial charge in [0.1, 0.15) is 18.0 Å². The topological polar surface area (TPSA) is 134 Å². The Morgan fingerprint density at radius 2 is 2.05 bits per heavy atom. The maximum atomic E-state index is 13.9. The van der Waals surface area contributed by atoms with Crippen LogP contribution in [0.2, 0.25) is 0 Å². The number of urea groups is 1. The quantitative estimate of drug-likeness (QED) is 0.519. The number of carbonyl (C=O) groups excluding carboxylic acids is 2. The fourth-order valence-electron chi connectivity index (χ4n) is 4.78. The summed E-state index contributed by atoms with van der Waals surface area (Å²) in [6.45, 7) is 6.09. The number of likely N-dealkylation sites (tertiary alicyclic amines) is 1. The highest BCUT2D eigenvalue weighted by Crippen LogP contribution is 2.37. The van der Waals surface area contributed by atoms with Crippen molar-refractivity contribution >= 4 is 18.2 Å². The van der Waals surface area contributed by atoms with Crippen molar-refractivity contribution in [3.63, 3.8) is 0 Å². The van der Waals surface area contributed by atoms with E-state index in [1.807, 2.05) is 13.0 Å². The van der Waals surface area contributed by atoms with Crippen LogP contribution >= 0.6 is 0 Å². The number of alkyl halides is 2. The third kappa shape index (κ3) is 5.64. The number of aryl methyl sites for hydroxylation is 1. The van der Waals surface area contributed by atoms with Gasteiger partial charge in [-0.1, -0.05) is 13.8 Å². The van der Waals surface area contributed by atoms with Gasteiger partial charge in [0.15, 0.2) is 0 Å². The Labute approximate surface area is 219 Å². The smallest absolute Gasteiger partial charge is 0.322 e. The molecule has 1 unspecified atom stereocenters. The van der Waals surface area contributed by atoms with Crippen LogP contribution in [0.1, 0.15) is 69.0 Å². The average molecular weight is 531 g/mol. The molecule has 0 radical (unpaired) electrons.